The van der Waals surface area contributed by atoms with Gasteiger partial charge in [0.2, 0.25) is 0 Å². The second-order valence-corrected chi connectivity index (χ2v) is 8.12. The molecule has 3 aromatic rings. The highest BCUT2D eigenvalue weighted by Crippen LogP contribution is 2.34. The van der Waals surface area contributed by atoms with Crippen LogP contribution in [0, 0.1) is 0 Å². The summed E-state index contributed by atoms with van der Waals surface area (Å²) in [6.07, 6.45) is -1.08. The lowest BCUT2D eigenvalue weighted by atomic mass is 10.2. The molecule has 7 nitrogen and oxygen atoms in total. The number of carbonyl (C=O) groups is 1. The van der Waals surface area contributed by atoms with Crippen molar-refractivity contribution in [1.82, 2.24) is 19.9 Å². The van der Waals surface area contributed by atoms with E-state index in [2.05, 4.69) is 20.3 Å². The predicted molar refractivity (Wildman–Crippen MR) is 114 cm³/mol. The summed E-state index contributed by atoms with van der Waals surface area (Å²) in [6.45, 7) is 3.36. The maximum absolute atomic E-state index is 13.3. The zero-order valence-corrected chi connectivity index (χ0v) is 17.9. The van der Waals surface area contributed by atoms with E-state index in [-0.39, 0.29) is 23.0 Å². The van der Waals surface area contributed by atoms with E-state index in [1.54, 1.807) is 29.3 Å². The topological polar surface area (TPSA) is 80.2 Å². The van der Waals surface area contributed by atoms with Gasteiger partial charge in [-0.1, -0.05) is 24.3 Å². The Morgan fingerprint density at radius 3 is 2.84 bits per heavy atom. The summed E-state index contributed by atoms with van der Waals surface area (Å²) in [4.78, 5) is 28.1. The highest BCUT2D eigenvalue weighted by Gasteiger charge is 2.31. The number of morpholine rings is 1. The molecule has 1 amide bonds. The smallest absolute Gasteiger partial charge is 0.375 e. The van der Waals surface area contributed by atoms with Crippen LogP contribution in [0.1, 0.15) is 28.6 Å². The minimum Gasteiger partial charge on any atom is -0.375 e. The number of ether oxygens (including phenoxy) is 1. The summed E-state index contributed by atoms with van der Waals surface area (Å²) < 4.78 is 44.7. The molecule has 3 aromatic heterocycles. The summed E-state index contributed by atoms with van der Waals surface area (Å²) >= 11 is 1.06. The summed E-state index contributed by atoms with van der Waals surface area (Å²) in [7, 11) is 0. The fraction of sp³-hybridized carbons (Fsp3) is 0.333. The van der Waals surface area contributed by atoms with Crippen molar-refractivity contribution >= 4 is 28.2 Å². The molecule has 0 saturated carbocycles. The molecule has 168 valence electrons. The van der Waals surface area contributed by atoms with Crippen LogP contribution < -0.4 is 5.32 Å². The van der Waals surface area contributed by atoms with Crippen LogP contribution in [0.25, 0.3) is 11.4 Å². The van der Waals surface area contributed by atoms with Crippen LogP contribution in [-0.2, 0) is 10.9 Å². The van der Waals surface area contributed by atoms with Gasteiger partial charge >= 0.3 is 6.18 Å². The van der Waals surface area contributed by atoms with Crippen LogP contribution in [0.5, 0.6) is 0 Å². The molecule has 0 spiro atoms. The molecule has 0 bridgehead atoms. The van der Waals surface area contributed by atoms with Gasteiger partial charge < -0.3 is 15.0 Å². The van der Waals surface area contributed by atoms with Crippen LogP contribution in [0.4, 0.5) is 24.1 Å². The van der Waals surface area contributed by atoms with Gasteiger partial charge in [0.05, 0.1) is 24.0 Å². The number of rotatable bonds is 5. The van der Waals surface area contributed by atoms with Crippen LogP contribution in [0.15, 0.2) is 42.7 Å². The fourth-order valence-corrected chi connectivity index (χ4v) is 4.22. The van der Waals surface area contributed by atoms with Crippen molar-refractivity contribution < 1.29 is 22.7 Å². The van der Waals surface area contributed by atoms with Crippen LogP contribution in [-0.4, -0.2) is 51.6 Å². The number of aromatic nitrogens is 3. The van der Waals surface area contributed by atoms with E-state index in [0.717, 1.165) is 36.1 Å². The number of anilines is 2. The second kappa shape index (κ2) is 9.21. The normalized spacial score (nSPS) is 16.8. The van der Waals surface area contributed by atoms with Crippen molar-refractivity contribution in [2.45, 2.75) is 25.6 Å². The first-order valence-corrected chi connectivity index (χ1v) is 10.8. The van der Waals surface area contributed by atoms with Crippen molar-refractivity contribution in [2.24, 2.45) is 0 Å². The van der Waals surface area contributed by atoms with E-state index in [1.165, 1.54) is 0 Å². The number of hydrogen-bond donors (Lipinski definition) is 1. The Labute approximate surface area is 186 Å². The van der Waals surface area contributed by atoms with Gasteiger partial charge in [0, 0.05) is 25.5 Å². The molecule has 0 unspecified atom stereocenters. The molecule has 1 saturated heterocycles. The first-order valence-electron chi connectivity index (χ1n) is 9.98. The number of halogens is 3. The van der Waals surface area contributed by atoms with Crippen LogP contribution >= 0.6 is 11.3 Å². The van der Waals surface area contributed by atoms with E-state index in [9.17, 15) is 18.0 Å². The Bertz CT molecular complexity index is 1090. The highest BCUT2D eigenvalue weighted by molar-refractivity contribution is 7.18. The molecule has 1 N–H and O–H groups in total. The Balaban J connectivity index is 1.67. The van der Waals surface area contributed by atoms with Crippen LogP contribution in [0.3, 0.4) is 0 Å². The molecule has 1 aliphatic heterocycles. The number of nitrogens with one attached hydrogen (secondary N) is 1. The Hall–Kier alpha value is -3.05. The molecule has 1 atom stereocenters. The number of hydrogen-bond acceptors (Lipinski definition) is 7. The van der Waals surface area contributed by atoms with E-state index in [1.807, 2.05) is 6.92 Å². The van der Waals surface area contributed by atoms with E-state index >= 15 is 0 Å². The lowest BCUT2D eigenvalue weighted by Gasteiger charge is -2.32. The Morgan fingerprint density at radius 2 is 2.12 bits per heavy atom. The predicted octanol–water partition coefficient (Wildman–Crippen LogP) is 4.61. The number of amides is 1. The Morgan fingerprint density at radius 1 is 1.28 bits per heavy atom. The largest absolute Gasteiger partial charge is 0.416 e. The van der Waals surface area contributed by atoms with Gasteiger partial charge in [-0.05, 0) is 30.7 Å². The average molecular weight is 463 g/mol. The first-order chi connectivity index (χ1) is 15.3. The van der Waals surface area contributed by atoms with Gasteiger partial charge in [0.1, 0.15) is 16.4 Å². The SMILES string of the molecule is CC[C@H]1CN(C(=O)c2sc(Nc3cc(C(F)(F)F)ccn3)nc2-c2ccccn2)CCO1. The summed E-state index contributed by atoms with van der Waals surface area (Å²) in [6, 6.07) is 7.05. The third kappa shape index (κ3) is 4.89. The molecular formula is C21H20F3N5O2S. The number of pyridine rings is 2. The molecule has 32 heavy (non-hydrogen) atoms. The molecule has 11 heteroatoms. The van der Waals surface area contributed by atoms with Gasteiger partial charge in [0.25, 0.3) is 5.91 Å². The number of nitrogens with zero attached hydrogens (tertiary/aromatic N) is 4. The van der Waals surface area contributed by atoms with Crippen molar-refractivity contribution in [3.05, 3.63) is 53.2 Å². The minimum atomic E-state index is -4.49. The number of alkyl halides is 3. The zero-order valence-electron chi connectivity index (χ0n) is 17.1. The molecule has 0 radical (unpaired) electrons. The lowest BCUT2D eigenvalue weighted by Crippen LogP contribution is -2.45. The van der Waals surface area contributed by atoms with Gasteiger partial charge in [-0.2, -0.15) is 13.2 Å². The van der Waals surface area contributed by atoms with Crippen molar-refractivity contribution in [1.29, 1.82) is 0 Å². The molecule has 1 aliphatic rings. The monoisotopic (exact) mass is 463 g/mol. The number of thiazole rings is 1. The van der Waals surface area contributed by atoms with E-state index < -0.39 is 11.7 Å². The van der Waals surface area contributed by atoms with E-state index in [4.69, 9.17) is 4.74 Å². The lowest BCUT2D eigenvalue weighted by molar-refractivity contribution is -0.137. The van der Waals surface area contributed by atoms with Gasteiger partial charge in [-0.3, -0.25) is 9.78 Å². The maximum Gasteiger partial charge on any atom is 0.416 e. The first kappa shape index (κ1) is 22.2. The molecule has 4 rings (SSSR count). The molecule has 4 heterocycles. The second-order valence-electron chi connectivity index (χ2n) is 7.12. The number of carbonyl (C=O) groups excluding carboxylic acids is 1. The minimum absolute atomic E-state index is 0.0161. The van der Waals surface area contributed by atoms with Gasteiger partial charge in [-0.25, -0.2) is 9.97 Å². The third-order valence-electron chi connectivity index (χ3n) is 4.93. The summed E-state index contributed by atoms with van der Waals surface area (Å²) in [5.41, 5.74) is 0.0406. The molecule has 0 aromatic carbocycles. The standard InChI is InChI=1S/C21H20F3N5O2S/c1-2-14-12-29(9-10-31-14)19(30)18-17(15-5-3-4-7-25-15)28-20(32-18)27-16-11-13(6-8-26-16)21(22,23)24/h3-8,11,14H,2,9-10,12H2,1H3,(H,26,27,28)/t14-/m0/s1. The maximum atomic E-state index is 13.3. The van der Waals surface area contributed by atoms with Crippen molar-refractivity contribution in [2.75, 3.05) is 25.0 Å². The van der Waals surface area contributed by atoms with E-state index in [0.29, 0.717) is 36.0 Å². The van der Waals surface area contributed by atoms with Crippen molar-refractivity contribution in [3.8, 4) is 11.4 Å². The molecule has 1 fully saturated rings. The van der Waals surface area contributed by atoms with Crippen molar-refractivity contribution in [3.63, 3.8) is 0 Å². The summed E-state index contributed by atoms with van der Waals surface area (Å²) in [5, 5.41) is 3.05. The highest BCUT2D eigenvalue weighted by atomic mass is 32.1. The van der Waals surface area contributed by atoms with Gasteiger partial charge in [0.15, 0.2) is 5.13 Å². The zero-order chi connectivity index (χ0) is 22.7. The quantitative estimate of drug-likeness (QED) is 0.595. The third-order valence-corrected chi connectivity index (χ3v) is 5.89. The fourth-order valence-electron chi connectivity index (χ4n) is 3.27. The Kier molecular flexibility index (Phi) is 6.38. The molecule has 0 aliphatic carbocycles. The van der Waals surface area contributed by atoms with Gasteiger partial charge in [-0.15, -0.1) is 0 Å². The van der Waals surface area contributed by atoms with Crippen LogP contribution in [0.2, 0.25) is 0 Å². The average Bonchev–Trinajstić information content (AvgIpc) is 3.22. The molecular weight excluding hydrogens is 443 g/mol. The summed E-state index contributed by atoms with van der Waals surface area (Å²) in [5.74, 6) is -0.229.